The lowest BCUT2D eigenvalue weighted by molar-refractivity contribution is -0.126. The number of likely N-dealkylation sites (N-methyl/N-ethyl adjacent to an activating group) is 2. The van der Waals surface area contributed by atoms with E-state index < -0.39 is 0 Å². The van der Waals surface area contributed by atoms with Crippen LogP contribution in [-0.4, -0.2) is 61.5 Å². The summed E-state index contributed by atoms with van der Waals surface area (Å²) in [5.41, 5.74) is 0. The number of hydrogen-bond acceptors (Lipinski definition) is 3. The lowest BCUT2D eigenvalue weighted by Gasteiger charge is -2.36. The maximum atomic E-state index is 11.4. The monoisotopic (exact) mass is 199 g/mol. The summed E-state index contributed by atoms with van der Waals surface area (Å²) >= 11 is 0. The molecule has 1 saturated heterocycles. The number of nitrogens with one attached hydrogen (secondary N) is 1. The Morgan fingerprint density at radius 2 is 1.93 bits per heavy atom. The van der Waals surface area contributed by atoms with Crippen molar-refractivity contribution in [2.45, 2.75) is 19.9 Å². The molecule has 0 saturated carbocycles. The molecule has 4 heteroatoms. The van der Waals surface area contributed by atoms with Crippen molar-refractivity contribution >= 4 is 5.91 Å². The topological polar surface area (TPSA) is 35.6 Å². The van der Waals surface area contributed by atoms with Crippen LogP contribution >= 0.6 is 0 Å². The summed E-state index contributed by atoms with van der Waals surface area (Å²) in [5.74, 6) is 0.120. The maximum Gasteiger partial charge on any atom is 0.236 e. The molecule has 1 atom stereocenters. The largest absolute Gasteiger partial charge is 0.358 e. The van der Waals surface area contributed by atoms with Crippen LogP contribution in [0.15, 0.2) is 0 Å². The van der Waals surface area contributed by atoms with Crippen LogP contribution in [0.5, 0.6) is 0 Å². The Kier molecular flexibility index (Phi) is 4.35. The van der Waals surface area contributed by atoms with Gasteiger partial charge in [-0.1, -0.05) is 6.92 Å². The fraction of sp³-hybridized carbons (Fsp3) is 0.900. The fourth-order valence-electron chi connectivity index (χ4n) is 1.84. The second kappa shape index (κ2) is 5.32. The lowest BCUT2D eigenvalue weighted by atomic mass is 10.2. The van der Waals surface area contributed by atoms with E-state index in [2.05, 4.69) is 22.0 Å². The van der Waals surface area contributed by atoms with Crippen molar-refractivity contribution in [2.24, 2.45) is 0 Å². The minimum atomic E-state index is 0.0130. The molecule has 1 amide bonds. The van der Waals surface area contributed by atoms with Gasteiger partial charge in [-0.3, -0.25) is 9.69 Å². The van der Waals surface area contributed by atoms with Gasteiger partial charge in [-0.15, -0.1) is 0 Å². The lowest BCUT2D eigenvalue weighted by Crippen LogP contribution is -2.53. The number of rotatable bonds is 3. The van der Waals surface area contributed by atoms with Crippen molar-refractivity contribution in [1.82, 2.24) is 15.1 Å². The number of carbonyl (C=O) groups is 1. The van der Waals surface area contributed by atoms with Crippen molar-refractivity contribution < 1.29 is 4.79 Å². The number of amides is 1. The van der Waals surface area contributed by atoms with E-state index in [1.807, 2.05) is 6.92 Å². The van der Waals surface area contributed by atoms with E-state index in [-0.39, 0.29) is 11.9 Å². The molecule has 1 N–H and O–H groups in total. The smallest absolute Gasteiger partial charge is 0.236 e. The molecule has 0 aromatic heterocycles. The fourth-order valence-corrected chi connectivity index (χ4v) is 1.84. The summed E-state index contributed by atoms with van der Waals surface area (Å²) < 4.78 is 0. The van der Waals surface area contributed by atoms with Crippen LogP contribution in [-0.2, 0) is 4.79 Å². The summed E-state index contributed by atoms with van der Waals surface area (Å²) in [6.45, 7) is 9.43. The highest BCUT2D eigenvalue weighted by Gasteiger charge is 2.23. The predicted molar refractivity (Wildman–Crippen MR) is 57.2 cm³/mol. The van der Waals surface area contributed by atoms with E-state index in [4.69, 9.17) is 0 Å². The van der Waals surface area contributed by atoms with Crippen molar-refractivity contribution in [1.29, 1.82) is 0 Å². The van der Waals surface area contributed by atoms with Crippen LogP contribution < -0.4 is 5.32 Å². The molecule has 1 aliphatic heterocycles. The number of carbonyl (C=O) groups excluding carboxylic acids is 1. The molecule has 1 heterocycles. The Balaban J connectivity index is 2.37. The minimum absolute atomic E-state index is 0.0130. The molecule has 1 fully saturated rings. The molecule has 0 radical (unpaired) electrons. The molecule has 4 nitrogen and oxygen atoms in total. The summed E-state index contributed by atoms with van der Waals surface area (Å²) in [7, 11) is 1.70. The van der Waals surface area contributed by atoms with Crippen LogP contribution in [0.3, 0.4) is 0 Å². The second-order valence-electron chi connectivity index (χ2n) is 3.76. The van der Waals surface area contributed by atoms with E-state index in [0.29, 0.717) is 0 Å². The quantitative estimate of drug-likeness (QED) is 0.681. The van der Waals surface area contributed by atoms with Gasteiger partial charge in [0.15, 0.2) is 0 Å². The molecule has 0 bridgehead atoms. The Labute approximate surface area is 86.2 Å². The molecule has 0 spiro atoms. The molecule has 1 rings (SSSR count). The highest BCUT2D eigenvalue weighted by atomic mass is 16.2. The molecule has 0 aliphatic carbocycles. The Hall–Kier alpha value is -0.610. The SMILES string of the molecule is CCN1CCN(C(C)C(=O)NC)CC1. The van der Waals surface area contributed by atoms with Crippen molar-refractivity contribution in [3.05, 3.63) is 0 Å². The average Bonchev–Trinajstić information content (AvgIpc) is 2.27. The maximum absolute atomic E-state index is 11.4. The van der Waals surface area contributed by atoms with Crippen LogP contribution in [0.4, 0.5) is 0 Å². The zero-order valence-corrected chi connectivity index (χ0v) is 9.42. The van der Waals surface area contributed by atoms with E-state index in [1.54, 1.807) is 7.05 Å². The standard InChI is InChI=1S/C10H21N3O/c1-4-12-5-7-13(8-6-12)9(2)10(14)11-3/h9H,4-8H2,1-3H3,(H,11,14). The second-order valence-corrected chi connectivity index (χ2v) is 3.76. The van der Waals surface area contributed by atoms with Gasteiger partial charge >= 0.3 is 0 Å². The van der Waals surface area contributed by atoms with Gasteiger partial charge in [0.1, 0.15) is 0 Å². The molecular formula is C10H21N3O. The summed E-state index contributed by atoms with van der Waals surface area (Å²) in [6, 6.07) is 0.0130. The van der Waals surface area contributed by atoms with Gasteiger partial charge in [-0.05, 0) is 13.5 Å². The first-order chi connectivity index (χ1) is 6.69. The highest BCUT2D eigenvalue weighted by molar-refractivity contribution is 5.80. The van der Waals surface area contributed by atoms with Gasteiger partial charge in [-0.25, -0.2) is 0 Å². The van der Waals surface area contributed by atoms with Gasteiger partial charge in [0.2, 0.25) is 5.91 Å². The zero-order chi connectivity index (χ0) is 10.6. The Morgan fingerprint density at radius 3 is 2.36 bits per heavy atom. The molecule has 82 valence electrons. The third-order valence-electron chi connectivity index (χ3n) is 3.03. The third-order valence-corrected chi connectivity index (χ3v) is 3.03. The van der Waals surface area contributed by atoms with E-state index >= 15 is 0 Å². The average molecular weight is 199 g/mol. The highest BCUT2D eigenvalue weighted by Crippen LogP contribution is 2.05. The Morgan fingerprint density at radius 1 is 1.36 bits per heavy atom. The van der Waals surface area contributed by atoms with Gasteiger partial charge in [0, 0.05) is 33.2 Å². The van der Waals surface area contributed by atoms with Gasteiger partial charge in [0.25, 0.3) is 0 Å². The summed E-state index contributed by atoms with van der Waals surface area (Å²) in [5, 5.41) is 2.69. The van der Waals surface area contributed by atoms with Crippen LogP contribution in [0.25, 0.3) is 0 Å². The van der Waals surface area contributed by atoms with Crippen LogP contribution in [0, 0.1) is 0 Å². The molecular weight excluding hydrogens is 178 g/mol. The predicted octanol–water partition coefficient (Wildman–Crippen LogP) is -0.242. The van der Waals surface area contributed by atoms with Gasteiger partial charge in [0.05, 0.1) is 6.04 Å². The summed E-state index contributed by atoms with van der Waals surface area (Å²) in [6.07, 6.45) is 0. The molecule has 1 aliphatic rings. The molecule has 1 unspecified atom stereocenters. The normalized spacial score (nSPS) is 21.9. The van der Waals surface area contributed by atoms with Crippen LogP contribution in [0.1, 0.15) is 13.8 Å². The molecule has 0 aromatic carbocycles. The van der Waals surface area contributed by atoms with Gasteiger partial charge < -0.3 is 10.2 Å². The van der Waals surface area contributed by atoms with E-state index in [1.165, 1.54) is 0 Å². The van der Waals surface area contributed by atoms with E-state index in [0.717, 1.165) is 32.7 Å². The first kappa shape index (κ1) is 11.5. The third kappa shape index (κ3) is 2.69. The van der Waals surface area contributed by atoms with Crippen molar-refractivity contribution in [3.63, 3.8) is 0 Å². The number of nitrogens with zero attached hydrogens (tertiary/aromatic N) is 2. The minimum Gasteiger partial charge on any atom is -0.358 e. The first-order valence-corrected chi connectivity index (χ1v) is 5.37. The van der Waals surface area contributed by atoms with Crippen molar-refractivity contribution in [3.8, 4) is 0 Å². The number of hydrogen-bond donors (Lipinski definition) is 1. The van der Waals surface area contributed by atoms with E-state index in [9.17, 15) is 4.79 Å². The number of piperazine rings is 1. The summed E-state index contributed by atoms with van der Waals surface area (Å²) in [4.78, 5) is 16.0. The molecule has 0 aromatic rings. The zero-order valence-electron chi connectivity index (χ0n) is 9.42. The van der Waals surface area contributed by atoms with Crippen molar-refractivity contribution in [2.75, 3.05) is 39.8 Å². The first-order valence-electron chi connectivity index (χ1n) is 5.37. The van der Waals surface area contributed by atoms with Crippen LogP contribution in [0.2, 0.25) is 0 Å². The van der Waals surface area contributed by atoms with Gasteiger partial charge in [-0.2, -0.15) is 0 Å². The molecule has 14 heavy (non-hydrogen) atoms. The Bertz CT molecular complexity index is 188.